The van der Waals surface area contributed by atoms with Gasteiger partial charge in [-0.3, -0.25) is 4.90 Å². The number of piperidine rings is 1. The predicted molar refractivity (Wildman–Crippen MR) is 60.6 cm³/mol. The predicted octanol–water partition coefficient (Wildman–Crippen LogP) is 0.947. The minimum atomic E-state index is 1.10. The molecule has 0 bridgehead atoms. The molecule has 0 atom stereocenters. The first kappa shape index (κ1) is 12.0. The molecule has 2 saturated heterocycles. The van der Waals surface area contributed by atoms with Crippen molar-refractivity contribution in [3.8, 4) is 0 Å². The Morgan fingerprint density at radius 3 is 1.50 bits per heavy atom. The number of hydrogen-bond acceptors (Lipinski definition) is 3. The Labute approximate surface area is 88.5 Å². The fourth-order valence-electron chi connectivity index (χ4n) is 1.67. The van der Waals surface area contributed by atoms with Gasteiger partial charge in [0.25, 0.3) is 0 Å². The molecule has 0 unspecified atom stereocenters. The van der Waals surface area contributed by atoms with Crippen molar-refractivity contribution >= 4 is 0 Å². The molecule has 0 aromatic heterocycles. The molecular weight excluding hydrogens is 174 g/mol. The first-order valence-corrected chi connectivity index (χ1v) is 5.60. The van der Waals surface area contributed by atoms with E-state index in [-0.39, 0.29) is 0 Å². The minimum absolute atomic E-state index is 1.10. The summed E-state index contributed by atoms with van der Waals surface area (Å²) in [5.74, 6) is 0. The third-order valence-corrected chi connectivity index (χ3v) is 2.66. The molecule has 3 nitrogen and oxygen atoms in total. The van der Waals surface area contributed by atoms with E-state index in [1.54, 1.807) is 0 Å². The topological polar surface area (TPSA) is 18.5 Å². The van der Waals surface area contributed by atoms with Crippen LogP contribution in [0.4, 0.5) is 0 Å². The molecule has 0 saturated carbocycles. The van der Waals surface area contributed by atoms with Crippen LogP contribution in [-0.4, -0.2) is 49.1 Å². The fraction of sp³-hybridized carbons (Fsp3) is 0.818. The van der Waals surface area contributed by atoms with Gasteiger partial charge in [-0.2, -0.15) is 0 Å². The summed E-state index contributed by atoms with van der Waals surface area (Å²) in [4.78, 5) is 4.22. The van der Waals surface area contributed by atoms with Crippen molar-refractivity contribution in [1.82, 2.24) is 15.1 Å². The Hall–Kier alpha value is -0.120. The zero-order valence-electron chi connectivity index (χ0n) is 9.17. The first-order chi connectivity index (χ1) is 6.79. The molecular formula is C11H23N3. The van der Waals surface area contributed by atoms with Crippen molar-refractivity contribution in [2.75, 3.05) is 39.3 Å². The monoisotopic (exact) mass is 197 g/mol. The van der Waals surface area contributed by atoms with Gasteiger partial charge in [0.15, 0.2) is 0 Å². The van der Waals surface area contributed by atoms with Gasteiger partial charge in [0.2, 0.25) is 0 Å². The quantitative estimate of drug-likeness (QED) is 0.624. The van der Waals surface area contributed by atoms with Gasteiger partial charge < -0.3 is 10.2 Å². The van der Waals surface area contributed by atoms with Crippen molar-refractivity contribution in [1.29, 1.82) is 0 Å². The van der Waals surface area contributed by atoms with E-state index < -0.39 is 0 Å². The summed E-state index contributed by atoms with van der Waals surface area (Å²) in [6, 6.07) is 0. The van der Waals surface area contributed by atoms with Crippen LogP contribution >= 0.6 is 0 Å². The summed E-state index contributed by atoms with van der Waals surface area (Å²) >= 11 is 0. The number of nitrogens with zero attached hydrogens (tertiary/aromatic N) is 2. The van der Waals surface area contributed by atoms with Gasteiger partial charge in [-0.15, -0.1) is 0 Å². The Bertz CT molecular complexity index is 110. The lowest BCUT2D eigenvalue weighted by Gasteiger charge is -2.21. The smallest absolute Gasteiger partial charge is 0.0110 e. The van der Waals surface area contributed by atoms with E-state index in [2.05, 4.69) is 29.2 Å². The van der Waals surface area contributed by atoms with Gasteiger partial charge in [-0.1, -0.05) is 6.42 Å². The molecule has 2 fully saturated rings. The van der Waals surface area contributed by atoms with Gasteiger partial charge in [0.1, 0.15) is 0 Å². The lowest BCUT2D eigenvalue weighted by atomic mass is 10.1. The van der Waals surface area contributed by atoms with Crippen LogP contribution in [-0.2, 0) is 0 Å². The molecule has 2 heterocycles. The summed E-state index contributed by atoms with van der Waals surface area (Å²) < 4.78 is 0. The van der Waals surface area contributed by atoms with Crippen molar-refractivity contribution < 1.29 is 0 Å². The van der Waals surface area contributed by atoms with Crippen LogP contribution < -0.4 is 5.32 Å². The van der Waals surface area contributed by atoms with E-state index in [9.17, 15) is 0 Å². The summed E-state index contributed by atoms with van der Waals surface area (Å²) in [7, 11) is 7.62. The lowest BCUT2D eigenvalue weighted by molar-refractivity contribution is 0.305. The van der Waals surface area contributed by atoms with E-state index in [4.69, 9.17) is 0 Å². The molecule has 2 aliphatic heterocycles. The standard InChI is InChI=1S/C6H12N.C5H11N2/c1-7-5-3-2-4-6-7;1-7-4-2-6-3-5-7/h1-6H2;6H,1-5H2. The highest BCUT2D eigenvalue weighted by Crippen LogP contribution is 2.05. The zero-order valence-corrected chi connectivity index (χ0v) is 9.17. The molecule has 0 aromatic rings. The molecule has 1 N–H and O–H groups in total. The van der Waals surface area contributed by atoms with E-state index in [1.807, 2.05) is 0 Å². The van der Waals surface area contributed by atoms with Crippen LogP contribution in [0.15, 0.2) is 0 Å². The number of nitrogens with one attached hydrogen (secondary N) is 1. The number of likely N-dealkylation sites (tertiary alicyclic amines) is 1. The van der Waals surface area contributed by atoms with E-state index in [0.717, 1.165) is 26.2 Å². The Balaban J connectivity index is 0.000000140. The van der Waals surface area contributed by atoms with E-state index in [1.165, 1.54) is 32.4 Å². The van der Waals surface area contributed by atoms with E-state index >= 15 is 0 Å². The zero-order chi connectivity index (χ0) is 10.2. The average molecular weight is 197 g/mol. The van der Waals surface area contributed by atoms with Crippen LogP contribution in [0.2, 0.25) is 0 Å². The molecule has 2 radical (unpaired) electrons. The van der Waals surface area contributed by atoms with E-state index in [0.29, 0.717) is 0 Å². The maximum absolute atomic E-state index is 3.83. The molecule has 0 aromatic carbocycles. The molecule has 82 valence electrons. The second-order valence-electron chi connectivity index (χ2n) is 4.05. The summed E-state index contributed by atoms with van der Waals surface area (Å²) in [5, 5.41) is 3.23. The Morgan fingerprint density at radius 1 is 0.714 bits per heavy atom. The van der Waals surface area contributed by atoms with Crippen LogP contribution in [0.25, 0.3) is 0 Å². The van der Waals surface area contributed by atoms with Gasteiger partial charge in [0.05, 0.1) is 0 Å². The van der Waals surface area contributed by atoms with Crippen molar-refractivity contribution in [3.63, 3.8) is 0 Å². The van der Waals surface area contributed by atoms with Crippen molar-refractivity contribution in [3.05, 3.63) is 14.1 Å². The number of hydrogen-bond donors (Lipinski definition) is 1. The van der Waals surface area contributed by atoms with Crippen molar-refractivity contribution in [2.45, 2.75) is 19.3 Å². The lowest BCUT2D eigenvalue weighted by Crippen LogP contribution is -2.39. The number of piperazine rings is 1. The maximum atomic E-state index is 3.83. The Kier molecular flexibility index (Phi) is 6.15. The summed E-state index contributed by atoms with van der Waals surface area (Å²) in [6.45, 7) is 6.81. The Morgan fingerprint density at radius 2 is 1.21 bits per heavy atom. The SMILES string of the molecule is [CH2]N1CCCCC1.[CH2]N1CCNCC1. The van der Waals surface area contributed by atoms with Crippen LogP contribution in [0.1, 0.15) is 19.3 Å². The van der Waals surface area contributed by atoms with Gasteiger partial charge in [0, 0.05) is 40.3 Å². The molecule has 14 heavy (non-hydrogen) atoms. The maximum Gasteiger partial charge on any atom is 0.0110 e. The third kappa shape index (κ3) is 5.58. The highest BCUT2D eigenvalue weighted by molar-refractivity contribution is 4.65. The first-order valence-electron chi connectivity index (χ1n) is 5.60. The van der Waals surface area contributed by atoms with Gasteiger partial charge in [-0.05, 0) is 25.9 Å². The number of rotatable bonds is 0. The van der Waals surface area contributed by atoms with Gasteiger partial charge in [-0.25, -0.2) is 0 Å². The molecule has 0 spiro atoms. The normalized spacial score (nSPS) is 25.3. The average Bonchev–Trinajstić information content (AvgIpc) is 2.21. The van der Waals surface area contributed by atoms with Gasteiger partial charge >= 0.3 is 0 Å². The molecule has 0 amide bonds. The molecule has 3 heteroatoms. The third-order valence-electron chi connectivity index (χ3n) is 2.66. The van der Waals surface area contributed by atoms with Crippen LogP contribution in [0.3, 0.4) is 0 Å². The summed E-state index contributed by atoms with van der Waals surface area (Å²) in [5.41, 5.74) is 0. The second kappa shape index (κ2) is 7.21. The fourth-order valence-corrected chi connectivity index (χ4v) is 1.67. The van der Waals surface area contributed by atoms with Crippen LogP contribution in [0, 0.1) is 14.1 Å². The van der Waals surface area contributed by atoms with Crippen LogP contribution in [0.5, 0.6) is 0 Å². The second-order valence-corrected chi connectivity index (χ2v) is 4.05. The molecule has 0 aliphatic carbocycles. The summed E-state index contributed by atoms with van der Waals surface area (Å²) in [6.07, 6.45) is 4.11. The molecule has 2 aliphatic rings. The minimum Gasteiger partial charge on any atom is -0.314 e. The van der Waals surface area contributed by atoms with Crippen molar-refractivity contribution in [2.24, 2.45) is 0 Å². The largest absolute Gasteiger partial charge is 0.314 e. The highest BCUT2D eigenvalue weighted by Gasteiger charge is 2.02. The highest BCUT2D eigenvalue weighted by atomic mass is 15.2. The molecule has 2 rings (SSSR count).